The van der Waals surface area contributed by atoms with Crippen LogP contribution in [0.25, 0.3) is 0 Å². The molecule has 0 unspecified atom stereocenters. The quantitative estimate of drug-likeness (QED) is 0.479. The number of methoxy groups -OCH3 is 1. The molecule has 4 rings (SSSR count). The summed E-state index contributed by atoms with van der Waals surface area (Å²) in [5.74, 6) is -0.371. The summed E-state index contributed by atoms with van der Waals surface area (Å²) < 4.78 is 47.5. The fourth-order valence-electron chi connectivity index (χ4n) is 3.52. The average molecular weight is 489 g/mol. The monoisotopic (exact) mass is 488 g/mol. The SMILES string of the molecule is COc1ccccc1NS(=O)(=O)c1cc(C(=O)N(Cc2cccc(F)c2)C2CC2)ccc1Cl. The zero-order chi connectivity index (χ0) is 23.6. The van der Waals surface area contributed by atoms with Gasteiger partial charge >= 0.3 is 0 Å². The van der Waals surface area contributed by atoms with Crippen molar-refractivity contribution in [3.8, 4) is 5.75 Å². The summed E-state index contributed by atoms with van der Waals surface area (Å²) in [6, 6.07) is 16.8. The molecule has 1 amide bonds. The van der Waals surface area contributed by atoms with Crippen LogP contribution in [-0.2, 0) is 16.6 Å². The summed E-state index contributed by atoms with van der Waals surface area (Å²) in [4.78, 5) is 14.7. The van der Waals surface area contributed by atoms with E-state index in [0.29, 0.717) is 11.3 Å². The fraction of sp³-hybridized carbons (Fsp3) is 0.208. The van der Waals surface area contributed by atoms with Crippen molar-refractivity contribution in [1.29, 1.82) is 0 Å². The first kappa shape index (κ1) is 23.1. The Hall–Kier alpha value is -3.10. The Morgan fingerprint density at radius 1 is 1.12 bits per heavy atom. The first-order chi connectivity index (χ1) is 15.8. The fourth-order valence-corrected chi connectivity index (χ4v) is 5.12. The second-order valence-electron chi connectivity index (χ2n) is 7.75. The largest absolute Gasteiger partial charge is 0.495 e. The number of halogens is 2. The molecule has 33 heavy (non-hydrogen) atoms. The minimum Gasteiger partial charge on any atom is -0.495 e. The van der Waals surface area contributed by atoms with Gasteiger partial charge in [0, 0.05) is 18.2 Å². The number of carbonyl (C=O) groups is 1. The van der Waals surface area contributed by atoms with Crippen LogP contribution in [0.15, 0.2) is 71.6 Å². The zero-order valence-electron chi connectivity index (χ0n) is 17.8. The highest BCUT2D eigenvalue weighted by Gasteiger charge is 2.34. The number of ether oxygens (including phenoxy) is 1. The van der Waals surface area contributed by atoms with Gasteiger partial charge < -0.3 is 9.64 Å². The van der Waals surface area contributed by atoms with Gasteiger partial charge in [-0.05, 0) is 60.9 Å². The molecule has 172 valence electrons. The van der Waals surface area contributed by atoms with Crippen LogP contribution in [-0.4, -0.2) is 32.4 Å². The van der Waals surface area contributed by atoms with Crippen LogP contribution < -0.4 is 9.46 Å². The van der Waals surface area contributed by atoms with Crippen molar-refractivity contribution in [1.82, 2.24) is 4.90 Å². The first-order valence-corrected chi connectivity index (χ1v) is 12.2. The highest BCUT2D eigenvalue weighted by molar-refractivity contribution is 7.92. The minimum atomic E-state index is -4.11. The summed E-state index contributed by atoms with van der Waals surface area (Å²) in [7, 11) is -2.67. The van der Waals surface area contributed by atoms with Crippen LogP contribution in [0.5, 0.6) is 5.75 Å². The maximum Gasteiger partial charge on any atom is 0.263 e. The normalized spacial score (nSPS) is 13.4. The summed E-state index contributed by atoms with van der Waals surface area (Å²) in [6.45, 7) is 0.228. The molecule has 3 aromatic carbocycles. The van der Waals surface area contributed by atoms with Crippen LogP contribution in [0.1, 0.15) is 28.8 Å². The number of amides is 1. The predicted molar refractivity (Wildman–Crippen MR) is 125 cm³/mol. The molecule has 1 saturated carbocycles. The van der Waals surface area contributed by atoms with Crippen LogP contribution >= 0.6 is 11.6 Å². The van der Waals surface area contributed by atoms with Gasteiger partial charge in [0.1, 0.15) is 16.5 Å². The molecular formula is C24H22ClFN2O4S. The Balaban J connectivity index is 1.63. The van der Waals surface area contributed by atoms with E-state index in [4.69, 9.17) is 16.3 Å². The molecule has 1 aliphatic carbocycles. The molecule has 0 atom stereocenters. The van der Waals surface area contributed by atoms with Gasteiger partial charge in [-0.1, -0.05) is 35.9 Å². The number of sulfonamides is 1. The average Bonchev–Trinajstić information content (AvgIpc) is 3.63. The van der Waals surface area contributed by atoms with Crippen molar-refractivity contribution in [2.45, 2.75) is 30.3 Å². The van der Waals surface area contributed by atoms with Crippen LogP contribution in [0.2, 0.25) is 5.02 Å². The molecular weight excluding hydrogens is 467 g/mol. The number of anilines is 1. The molecule has 1 fully saturated rings. The number of carbonyl (C=O) groups excluding carboxylic acids is 1. The molecule has 0 heterocycles. The van der Waals surface area contributed by atoms with Gasteiger partial charge in [-0.2, -0.15) is 0 Å². The Morgan fingerprint density at radius 2 is 1.88 bits per heavy atom. The predicted octanol–water partition coefficient (Wildman–Crippen LogP) is 5.09. The van der Waals surface area contributed by atoms with E-state index < -0.39 is 10.0 Å². The summed E-state index contributed by atoms with van der Waals surface area (Å²) in [6.07, 6.45) is 1.68. The van der Waals surface area contributed by atoms with Gasteiger partial charge in [0.2, 0.25) is 0 Å². The lowest BCUT2D eigenvalue weighted by molar-refractivity contribution is 0.0729. The van der Waals surface area contributed by atoms with Crippen LogP contribution in [0.3, 0.4) is 0 Å². The number of hydrogen-bond donors (Lipinski definition) is 1. The van der Waals surface area contributed by atoms with Crippen molar-refractivity contribution in [3.63, 3.8) is 0 Å². The number of hydrogen-bond acceptors (Lipinski definition) is 4. The minimum absolute atomic E-state index is 0.0166. The Labute approximate surface area is 197 Å². The van der Waals surface area contributed by atoms with Gasteiger partial charge in [-0.15, -0.1) is 0 Å². The van der Waals surface area contributed by atoms with Crippen LogP contribution in [0, 0.1) is 5.82 Å². The van der Waals surface area contributed by atoms with E-state index >= 15 is 0 Å². The molecule has 0 saturated heterocycles. The standard InChI is InChI=1S/C24H22ClFN2O4S/c1-32-22-8-3-2-7-21(22)27-33(30,31)23-14-17(9-12-20(23)25)24(29)28(19-10-11-19)15-16-5-4-6-18(26)13-16/h2-9,12-14,19,27H,10-11,15H2,1H3. The summed E-state index contributed by atoms with van der Waals surface area (Å²) in [5, 5.41) is -0.0166. The van der Waals surface area contributed by atoms with E-state index in [1.807, 2.05) is 0 Å². The second kappa shape index (κ2) is 9.41. The molecule has 9 heteroatoms. The first-order valence-electron chi connectivity index (χ1n) is 10.3. The third-order valence-electron chi connectivity index (χ3n) is 5.31. The van der Waals surface area contributed by atoms with Gasteiger partial charge in [0.15, 0.2) is 0 Å². The molecule has 0 bridgehead atoms. The van der Waals surface area contributed by atoms with E-state index in [2.05, 4.69) is 4.72 Å². The van der Waals surface area contributed by atoms with Crippen molar-refractivity contribution in [3.05, 3.63) is 88.7 Å². The molecule has 3 aromatic rings. The van der Waals surface area contributed by atoms with Gasteiger partial charge in [0.05, 0.1) is 17.8 Å². The molecule has 0 radical (unpaired) electrons. The number of nitrogens with one attached hydrogen (secondary N) is 1. The topological polar surface area (TPSA) is 75.7 Å². The van der Waals surface area contributed by atoms with Crippen molar-refractivity contribution in [2.75, 3.05) is 11.8 Å². The highest BCUT2D eigenvalue weighted by atomic mass is 35.5. The van der Waals surface area contributed by atoms with E-state index in [0.717, 1.165) is 12.8 Å². The third kappa shape index (κ3) is 5.29. The maximum absolute atomic E-state index is 13.6. The smallest absolute Gasteiger partial charge is 0.263 e. The Morgan fingerprint density at radius 3 is 2.58 bits per heavy atom. The third-order valence-corrected chi connectivity index (χ3v) is 7.16. The summed E-state index contributed by atoms with van der Waals surface area (Å²) >= 11 is 6.21. The zero-order valence-corrected chi connectivity index (χ0v) is 19.4. The Bertz CT molecular complexity index is 1300. The van der Waals surface area contributed by atoms with Crippen molar-refractivity contribution in [2.24, 2.45) is 0 Å². The van der Waals surface area contributed by atoms with E-state index in [-0.39, 0.29) is 45.5 Å². The molecule has 1 N–H and O–H groups in total. The second-order valence-corrected chi connectivity index (χ2v) is 9.80. The van der Waals surface area contributed by atoms with Crippen LogP contribution in [0.4, 0.5) is 10.1 Å². The van der Waals surface area contributed by atoms with Crippen molar-refractivity contribution < 1.29 is 22.3 Å². The van der Waals surface area contributed by atoms with Gasteiger partial charge in [-0.3, -0.25) is 9.52 Å². The molecule has 0 spiro atoms. The maximum atomic E-state index is 13.6. The highest BCUT2D eigenvalue weighted by Crippen LogP contribution is 2.32. The lowest BCUT2D eigenvalue weighted by atomic mass is 10.1. The number of benzene rings is 3. The lowest BCUT2D eigenvalue weighted by Crippen LogP contribution is -2.32. The molecule has 6 nitrogen and oxygen atoms in total. The Kier molecular flexibility index (Phi) is 6.58. The molecule has 0 aliphatic heterocycles. The number of para-hydroxylation sites is 2. The summed E-state index contributed by atoms with van der Waals surface area (Å²) in [5.41, 5.74) is 1.09. The number of rotatable bonds is 8. The van der Waals surface area contributed by atoms with E-state index in [1.165, 1.54) is 37.4 Å². The van der Waals surface area contributed by atoms with E-state index in [1.54, 1.807) is 41.3 Å². The van der Waals surface area contributed by atoms with E-state index in [9.17, 15) is 17.6 Å². The molecule has 0 aromatic heterocycles. The van der Waals surface area contributed by atoms with Gasteiger partial charge in [0.25, 0.3) is 15.9 Å². The molecule has 1 aliphatic rings. The van der Waals surface area contributed by atoms with Crippen molar-refractivity contribution >= 4 is 33.2 Å². The van der Waals surface area contributed by atoms with Gasteiger partial charge in [-0.25, -0.2) is 12.8 Å². The lowest BCUT2D eigenvalue weighted by Gasteiger charge is -2.23. The number of nitrogens with zero attached hydrogens (tertiary/aromatic N) is 1.